The van der Waals surface area contributed by atoms with Crippen molar-refractivity contribution in [2.45, 2.75) is 19.0 Å². The molecule has 1 aliphatic rings. The van der Waals surface area contributed by atoms with E-state index in [-0.39, 0.29) is 0 Å². The zero-order valence-electron chi connectivity index (χ0n) is 14.2. The summed E-state index contributed by atoms with van der Waals surface area (Å²) in [6, 6.07) is 12.1. The predicted octanol–water partition coefficient (Wildman–Crippen LogP) is 2.94. The van der Waals surface area contributed by atoms with Crippen molar-refractivity contribution < 1.29 is 10.0 Å². The molecular weight excluding hydrogens is 352 g/mol. The van der Waals surface area contributed by atoms with Crippen molar-refractivity contribution in [3.05, 3.63) is 64.8 Å². The van der Waals surface area contributed by atoms with Crippen LogP contribution in [0.5, 0.6) is 0 Å². The molecule has 2 heterocycles. The van der Waals surface area contributed by atoms with E-state index in [0.29, 0.717) is 6.04 Å². The number of halogens is 1. The first kappa shape index (κ1) is 18.4. The maximum atomic E-state index is 11.0. The largest absolute Gasteiger partial charge is 0.366 e. The highest BCUT2D eigenvalue weighted by Gasteiger charge is 2.22. The molecule has 2 aromatic rings. The Kier molecular flexibility index (Phi) is 6.22. The first-order chi connectivity index (χ1) is 12.6. The minimum absolute atomic E-state index is 0.358. The molecule has 0 bridgehead atoms. The summed E-state index contributed by atoms with van der Waals surface area (Å²) < 4.78 is 0. The number of hydrogen-bond donors (Lipinski definition) is 3. The van der Waals surface area contributed by atoms with Gasteiger partial charge in [0, 0.05) is 43.0 Å². The van der Waals surface area contributed by atoms with Crippen molar-refractivity contribution in [1.29, 1.82) is 0 Å². The van der Waals surface area contributed by atoms with Gasteiger partial charge in [-0.2, -0.15) is 0 Å². The van der Waals surface area contributed by atoms with Gasteiger partial charge in [0.25, 0.3) is 5.91 Å². The number of rotatable bonds is 6. The summed E-state index contributed by atoms with van der Waals surface area (Å²) >= 11 is 5.93. The summed E-state index contributed by atoms with van der Waals surface area (Å²) in [5, 5.41) is 12.7. The third kappa shape index (κ3) is 5.29. The number of nitrogens with one attached hydrogen (secondary N) is 2. The minimum atomic E-state index is -0.570. The number of carbonyl (C=O) groups excluding carboxylic acids is 1. The van der Waals surface area contributed by atoms with Crippen LogP contribution in [-0.2, 0) is 11.3 Å². The second-order valence-corrected chi connectivity index (χ2v) is 6.71. The molecule has 6 nitrogen and oxygen atoms in total. The molecule has 1 saturated heterocycles. The SMILES string of the molecule is O=C(/C=C/c1ccc(N[C@@H]2CCN(Cc3ccc(Cl)cc3)C2)nc1)NO. The molecule has 1 amide bonds. The number of pyridine rings is 1. The molecule has 0 radical (unpaired) electrons. The number of carbonyl (C=O) groups is 1. The van der Waals surface area contributed by atoms with E-state index < -0.39 is 5.91 Å². The lowest BCUT2D eigenvalue weighted by atomic mass is 10.2. The van der Waals surface area contributed by atoms with Gasteiger partial charge in [0.15, 0.2) is 0 Å². The highest BCUT2D eigenvalue weighted by molar-refractivity contribution is 6.30. The standard InChI is InChI=1S/C19H21ClN4O2/c20-16-5-1-15(2-6-16)12-24-10-9-17(13-24)22-18-7-3-14(11-21-18)4-8-19(25)23-26/h1-8,11,17,26H,9-10,12-13H2,(H,21,22)(H,23,25)/b8-4+/t17-/m1/s1. The average molecular weight is 373 g/mol. The number of benzene rings is 1. The molecular formula is C19H21ClN4O2. The van der Waals surface area contributed by atoms with Gasteiger partial charge >= 0.3 is 0 Å². The number of aromatic nitrogens is 1. The van der Waals surface area contributed by atoms with Crippen LogP contribution in [-0.4, -0.2) is 40.1 Å². The summed E-state index contributed by atoms with van der Waals surface area (Å²) in [4.78, 5) is 17.8. The normalized spacial score (nSPS) is 17.5. The zero-order valence-corrected chi connectivity index (χ0v) is 15.0. The van der Waals surface area contributed by atoms with E-state index in [4.69, 9.17) is 16.8 Å². The van der Waals surface area contributed by atoms with Crippen LogP contribution >= 0.6 is 11.6 Å². The van der Waals surface area contributed by atoms with E-state index in [1.807, 2.05) is 24.3 Å². The van der Waals surface area contributed by atoms with Crippen LogP contribution in [0.2, 0.25) is 5.02 Å². The van der Waals surface area contributed by atoms with E-state index in [1.54, 1.807) is 17.8 Å². The lowest BCUT2D eigenvalue weighted by Gasteiger charge is -2.17. The second kappa shape index (κ2) is 8.80. The topological polar surface area (TPSA) is 77.5 Å². The van der Waals surface area contributed by atoms with Gasteiger partial charge in [-0.25, -0.2) is 10.5 Å². The number of anilines is 1. The maximum absolute atomic E-state index is 11.0. The molecule has 0 spiro atoms. The smallest absolute Gasteiger partial charge is 0.267 e. The lowest BCUT2D eigenvalue weighted by Crippen LogP contribution is -2.26. The van der Waals surface area contributed by atoms with Gasteiger partial charge in [-0.05, 0) is 47.9 Å². The van der Waals surface area contributed by atoms with Crippen LogP contribution in [0.15, 0.2) is 48.7 Å². The van der Waals surface area contributed by atoms with Crippen molar-refractivity contribution in [3.8, 4) is 0 Å². The van der Waals surface area contributed by atoms with Crippen LogP contribution in [0.3, 0.4) is 0 Å². The Morgan fingerprint density at radius 2 is 2.12 bits per heavy atom. The molecule has 1 aromatic carbocycles. The molecule has 26 heavy (non-hydrogen) atoms. The second-order valence-electron chi connectivity index (χ2n) is 6.28. The van der Waals surface area contributed by atoms with Gasteiger partial charge in [-0.3, -0.25) is 14.9 Å². The predicted molar refractivity (Wildman–Crippen MR) is 102 cm³/mol. The van der Waals surface area contributed by atoms with Gasteiger partial charge in [0.05, 0.1) is 0 Å². The Labute approximate surface area is 157 Å². The zero-order chi connectivity index (χ0) is 18.4. The van der Waals surface area contributed by atoms with Crippen LogP contribution < -0.4 is 10.8 Å². The Balaban J connectivity index is 1.49. The van der Waals surface area contributed by atoms with Crippen molar-refractivity contribution in [3.63, 3.8) is 0 Å². The number of hydrogen-bond acceptors (Lipinski definition) is 5. The monoisotopic (exact) mass is 372 g/mol. The fourth-order valence-corrected chi connectivity index (χ4v) is 3.08. The van der Waals surface area contributed by atoms with Crippen LogP contribution in [0.1, 0.15) is 17.5 Å². The van der Waals surface area contributed by atoms with Crippen molar-refractivity contribution in [2.75, 3.05) is 18.4 Å². The third-order valence-electron chi connectivity index (χ3n) is 4.27. The highest BCUT2D eigenvalue weighted by Crippen LogP contribution is 2.18. The van der Waals surface area contributed by atoms with E-state index in [0.717, 1.165) is 42.5 Å². The van der Waals surface area contributed by atoms with E-state index in [2.05, 4.69) is 27.3 Å². The van der Waals surface area contributed by atoms with E-state index in [1.165, 1.54) is 11.6 Å². The first-order valence-corrected chi connectivity index (χ1v) is 8.82. The highest BCUT2D eigenvalue weighted by atomic mass is 35.5. The summed E-state index contributed by atoms with van der Waals surface area (Å²) in [5.74, 6) is 0.242. The summed E-state index contributed by atoms with van der Waals surface area (Å²) in [5.41, 5.74) is 3.60. The van der Waals surface area contributed by atoms with Gasteiger partial charge < -0.3 is 5.32 Å². The quantitative estimate of drug-likeness (QED) is 0.413. The fraction of sp³-hybridized carbons (Fsp3) is 0.263. The third-order valence-corrected chi connectivity index (χ3v) is 4.52. The summed E-state index contributed by atoms with van der Waals surface area (Å²) in [6.45, 7) is 2.92. The van der Waals surface area contributed by atoms with Crippen LogP contribution in [0.4, 0.5) is 5.82 Å². The molecule has 3 N–H and O–H groups in total. The number of amides is 1. The molecule has 1 aromatic heterocycles. The van der Waals surface area contributed by atoms with Gasteiger partial charge in [0.2, 0.25) is 0 Å². The van der Waals surface area contributed by atoms with E-state index in [9.17, 15) is 4.79 Å². The molecule has 3 rings (SSSR count). The Bertz CT molecular complexity index is 762. The average Bonchev–Trinajstić information content (AvgIpc) is 3.09. The number of nitrogens with zero attached hydrogens (tertiary/aromatic N) is 2. The molecule has 136 valence electrons. The Morgan fingerprint density at radius 1 is 1.31 bits per heavy atom. The van der Waals surface area contributed by atoms with Crippen LogP contribution in [0, 0.1) is 0 Å². The molecule has 1 fully saturated rings. The van der Waals surface area contributed by atoms with Gasteiger partial charge in [-0.15, -0.1) is 0 Å². The molecule has 0 saturated carbocycles. The molecule has 7 heteroatoms. The Hall–Kier alpha value is -2.41. The molecule has 1 aliphatic heterocycles. The van der Waals surface area contributed by atoms with Crippen molar-refractivity contribution in [1.82, 2.24) is 15.4 Å². The number of hydroxylamine groups is 1. The molecule has 0 unspecified atom stereocenters. The minimum Gasteiger partial charge on any atom is -0.366 e. The van der Waals surface area contributed by atoms with Gasteiger partial charge in [0.1, 0.15) is 5.82 Å². The van der Waals surface area contributed by atoms with Crippen molar-refractivity contribution in [2.24, 2.45) is 0 Å². The molecule has 0 aliphatic carbocycles. The van der Waals surface area contributed by atoms with Crippen LogP contribution in [0.25, 0.3) is 6.08 Å². The summed E-state index contributed by atoms with van der Waals surface area (Å²) in [6.07, 6.45) is 5.58. The first-order valence-electron chi connectivity index (χ1n) is 8.44. The van der Waals surface area contributed by atoms with Crippen molar-refractivity contribution >= 4 is 29.4 Å². The van der Waals surface area contributed by atoms with E-state index >= 15 is 0 Å². The fourth-order valence-electron chi connectivity index (χ4n) is 2.95. The maximum Gasteiger partial charge on any atom is 0.267 e. The Morgan fingerprint density at radius 3 is 2.81 bits per heavy atom. The number of likely N-dealkylation sites (tertiary alicyclic amines) is 1. The van der Waals surface area contributed by atoms with Gasteiger partial charge in [-0.1, -0.05) is 23.7 Å². The summed E-state index contributed by atoms with van der Waals surface area (Å²) in [7, 11) is 0. The lowest BCUT2D eigenvalue weighted by molar-refractivity contribution is -0.124. The molecule has 1 atom stereocenters.